The third-order valence-electron chi connectivity index (χ3n) is 4.40. The zero-order valence-electron chi connectivity index (χ0n) is 16.9. The predicted molar refractivity (Wildman–Crippen MR) is 117 cm³/mol. The van der Waals surface area contributed by atoms with Crippen LogP contribution in [0.4, 0.5) is 5.69 Å². The van der Waals surface area contributed by atoms with Crippen molar-refractivity contribution in [2.45, 2.75) is 13.0 Å². The first-order valence-corrected chi connectivity index (χ1v) is 9.51. The number of esters is 1. The summed E-state index contributed by atoms with van der Waals surface area (Å²) in [5, 5.41) is 2.81. The van der Waals surface area contributed by atoms with Crippen molar-refractivity contribution in [3.8, 4) is 5.75 Å². The zero-order valence-corrected chi connectivity index (χ0v) is 16.9. The van der Waals surface area contributed by atoms with Crippen molar-refractivity contribution in [2.24, 2.45) is 0 Å². The molecule has 1 atom stereocenters. The minimum absolute atomic E-state index is 0.466. The van der Waals surface area contributed by atoms with Gasteiger partial charge in [-0.15, -0.1) is 0 Å². The van der Waals surface area contributed by atoms with Crippen molar-refractivity contribution in [3.63, 3.8) is 0 Å². The van der Waals surface area contributed by atoms with Gasteiger partial charge in [-0.1, -0.05) is 66.7 Å². The maximum atomic E-state index is 13.0. The van der Waals surface area contributed by atoms with Gasteiger partial charge in [-0.05, 0) is 36.3 Å². The molecule has 0 aromatic heterocycles. The molecule has 0 aliphatic heterocycles. The number of hydrogen-bond acceptors (Lipinski definition) is 4. The molecule has 1 amide bonds. The number of rotatable bonds is 7. The lowest BCUT2D eigenvalue weighted by atomic mass is 10.1. The van der Waals surface area contributed by atoms with Gasteiger partial charge in [-0.2, -0.15) is 0 Å². The Kier molecular flexibility index (Phi) is 7.00. The van der Waals surface area contributed by atoms with Crippen LogP contribution in [0.1, 0.15) is 22.8 Å². The van der Waals surface area contributed by atoms with E-state index in [1.807, 2.05) is 49.4 Å². The highest BCUT2D eigenvalue weighted by molar-refractivity contribution is 5.98. The summed E-state index contributed by atoms with van der Waals surface area (Å²) >= 11 is 0. The Morgan fingerprint density at radius 2 is 1.60 bits per heavy atom. The average Bonchev–Trinajstić information content (AvgIpc) is 2.77. The minimum Gasteiger partial charge on any atom is -0.495 e. The normalized spacial score (nSPS) is 11.7. The van der Waals surface area contributed by atoms with E-state index in [0.29, 0.717) is 17.0 Å². The van der Waals surface area contributed by atoms with E-state index in [-0.39, 0.29) is 0 Å². The smallest absolute Gasteiger partial charge is 0.331 e. The van der Waals surface area contributed by atoms with Crippen molar-refractivity contribution in [2.75, 3.05) is 12.4 Å². The second-order valence-corrected chi connectivity index (χ2v) is 6.66. The van der Waals surface area contributed by atoms with Gasteiger partial charge in [0.15, 0.2) is 0 Å². The van der Waals surface area contributed by atoms with Gasteiger partial charge in [0.1, 0.15) is 5.75 Å². The Labute approximate surface area is 176 Å². The second kappa shape index (κ2) is 10.1. The molecule has 0 bridgehead atoms. The molecule has 152 valence electrons. The highest BCUT2D eigenvalue weighted by Gasteiger charge is 2.25. The first-order chi connectivity index (χ1) is 14.6. The van der Waals surface area contributed by atoms with E-state index >= 15 is 0 Å². The molecule has 3 aromatic rings. The van der Waals surface area contributed by atoms with Crippen LogP contribution >= 0.6 is 0 Å². The highest BCUT2D eigenvalue weighted by atomic mass is 16.5. The molecule has 0 fully saturated rings. The molecule has 0 heterocycles. The van der Waals surface area contributed by atoms with Gasteiger partial charge in [0.2, 0.25) is 6.10 Å². The van der Waals surface area contributed by atoms with Crippen LogP contribution in [0.25, 0.3) is 6.08 Å². The number of amides is 1. The van der Waals surface area contributed by atoms with Crippen molar-refractivity contribution in [1.82, 2.24) is 0 Å². The summed E-state index contributed by atoms with van der Waals surface area (Å²) in [5.74, 6) is -0.554. The summed E-state index contributed by atoms with van der Waals surface area (Å²) in [7, 11) is 1.53. The number of hydrogen-bond donors (Lipinski definition) is 1. The Balaban J connectivity index is 1.81. The summed E-state index contributed by atoms with van der Waals surface area (Å²) in [4.78, 5) is 25.5. The summed E-state index contributed by atoms with van der Waals surface area (Å²) in [6, 6.07) is 23.7. The largest absolute Gasteiger partial charge is 0.495 e. The Hall–Kier alpha value is -3.86. The van der Waals surface area contributed by atoms with Gasteiger partial charge in [0.25, 0.3) is 5.91 Å². The predicted octanol–water partition coefficient (Wildman–Crippen LogP) is 4.94. The van der Waals surface area contributed by atoms with E-state index in [4.69, 9.17) is 9.47 Å². The van der Waals surface area contributed by atoms with E-state index < -0.39 is 18.0 Å². The van der Waals surface area contributed by atoms with Crippen LogP contribution in [-0.4, -0.2) is 19.0 Å². The van der Waals surface area contributed by atoms with Gasteiger partial charge in [0.05, 0.1) is 12.8 Å². The Morgan fingerprint density at radius 3 is 2.27 bits per heavy atom. The van der Waals surface area contributed by atoms with Gasteiger partial charge < -0.3 is 14.8 Å². The van der Waals surface area contributed by atoms with Crippen LogP contribution in [0, 0.1) is 6.92 Å². The molecule has 0 spiro atoms. The summed E-state index contributed by atoms with van der Waals surface area (Å²) in [6.45, 7) is 1.91. The lowest BCUT2D eigenvalue weighted by Gasteiger charge is -2.18. The molecule has 0 aliphatic carbocycles. The summed E-state index contributed by atoms with van der Waals surface area (Å²) in [5.41, 5.74) is 2.91. The van der Waals surface area contributed by atoms with E-state index in [0.717, 1.165) is 11.1 Å². The molecule has 0 radical (unpaired) electrons. The summed E-state index contributed by atoms with van der Waals surface area (Å²) < 4.78 is 10.8. The summed E-state index contributed by atoms with van der Waals surface area (Å²) in [6.07, 6.45) is 1.85. The SMILES string of the molecule is COc1ccc(C)cc1NC(=O)[C@@H](OC(=O)/C=C/c1ccccc1)c1ccccc1. The first kappa shape index (κ1) is 20.9. The molecular formula is C25H23NO4. The number of carbonyl (C=O) groups excluding carboxylic acids is 2. The van der Waals surface area contributed by atoms with Gasteiger partial charge in [-0.3, -0.25) is 4.79 Å². The molecule has 0 unspecified atom stereocenters. The standard InChI is InChI=1S/C25H23NO4/c1-18-13-15-22(29-2)21(17-18)26-25(28)24(20-11-7-4-8-12-20)30-23(27)16-14-19-9-5-3-6-10-19/h3-17,24H,1-2H3,(H,26,28)/b16-14+/t24-/m0/s1. The maximum absolute atomic E-state index is 13.0. The van der Waals surface area contributed by atoms with Crippen molar-refractivity contribution < 1.29 is 19.1 Å². The Bertz CT molecular complexity index is 1030. The number of carbonyl (C=O) groups is 2. The number of benzene rings is 3. The van der Waals surface area contributed by atoms with Crippen molar-refractivity contribution in [1.29, 1.82) is 0 Å². The molecule has 0 aliphatic rings. The molecule has 30 heavy (non-hydrogen) atoms. The van der Waals surface area contributed by atoms with E-state index in [1.54, 1.807) is 42.5 Å². The fraction of sp³-hybridized carbons (Fsp3) is 0.120. The van der Waals surface area contributed by atoms with E-state index in [2.05, 4.69) is 5.32 Å². The van der Waals surface area contributed by atoms with Crippen LogP contribution in [0.5, 0.6) is 5.75 Å². The van der Waals surface area contributed by atoms with Crippen LogP contribution in [0.15, 0.2) is 84.9 Å². The number of anilines is 1. The lowest BCUT2D eigenvalue weighted by Crippen LogP contribution is -2.25. The molecule has 1 N–H and O–H groups in total. The van der Waals surface area contributed by atoms with Crippen LogP contribution in [-0.2, 0) is 14.3 Å². The van der Waals surface area contributed by atoms with Gasteiger partial charge >= 0.3 is 5.97 Å². The topological polar surface area (TPSA) is 64.6 Å². The van der Waals surface area contributed by atoms with Crippen LogP contribution in [0.3, 0.4) is 0 Å². The fourth-order valence-electron chi connectivity index (χ4n) is 2.90. The monoisotopic (exact) mass is 401 g/mol. The van der Waals surface area contributed by atoms with E-state index in [9.17, 15) is 9.59 Å². The number of methoxy groups -OCH3 is 1. The minimum atomic E-state index is -1.11. The Morgan fingerprint density at radius 1 is 0.933 bits per heavy atom. The lowest BCUT2D eigenvalue weighted by molar-refractivity contribution is -0.149. The fourth-order valence-corrected chi connectivity index (χ4v) is 2.90. The molecule has 3 rings (SSSR count). The second-order valence-electron chi connectivity index (χ2n) is 6.66. The maximum Gasteiger partial charge on any atom is 0.331 e. The number of ether oxygens (including phenoxy) is 2. The molecule has 3 aromatic carbocycles. The zero-order chi connectivity index (χ0) is 21.3. The van der Waals surface area contributed by atoms with Crippen LogP contribution < -0.4 is 10.1 Å². The molecule has 0 saturated carbocycles. The number of aryl methyl sites for hydroxylation is 1. The van der Waals surface area contributed by atoms with Gasteiger partial charge in [0, 0.05) is 11.6 Å². The molecule has 0 saturated heterocycles. The van der Waals surface area contributed by atoms with Gasteiger partial charge in [-0.25, -0.2) is 4.79 Å². The highest BCUT2D eigenvalue weighted by Crippen LogP contribution is 2.27. The van der Waals surface area contributed by atoms with Crippen LogP contribution in [0.2, 0.25) is 0 Å². The quantitative estimate of drug-likeness (QED) is 0.450. The molecular weight excluding hydrogens is 378 g/mol. The average molecular weight is 401 g/mol. The first-order valence-electron chi connectivity index (χ1n) is 9.51. The molecule has 5 heteroatoms. The third kappa shape index (κ3) is 5.58. The number of nitrogens with one attached hydrogen (secondary N) is 1. The third-order valence-corrected chi connectivity index (χ3v) is 4.40. The van der Waals surface area contributed by atoms with E-state index in [1.165, 1.54) is 13.2 Å². The molecule has 5 nitrogen and oxygen atoms in total. The van der Waals surface area contributed by atoms with Crippen molar-refractivity contribution in [3.05, 3.63) is 102 Å². The van der Waals surface area contributed by atoms with Crippen molar-refractivity contribution >= 4 is 23.6 Å².